The number of carbonyl (C=O) groups is 1. The Bertz CT molecular complexity index is 2060. The molecule has 1 N–H and O–H groups in total. The van der Waals surface area contributed by atoms with E-state index in [1.165, 1.54) is 36.6 Å². The highest BCUT2D eigenvalue weighted by atomic mass is 32.1. The molecule has 1 unspecified atom stereocenters. The van der Waals surface area contributed by atoms with Crippen LogP contribution in [0.1, 0.15) is 22.7 Å². The zero-order chi connectivity index (χ0) is 32.7. The molecule has 0 aliphatic carbocycles. The highest BCUT2D eigenvalue weighted by Crippen LogP contribution is 2.35. The zero-order valence-electron chi connectivity index (χ0n) is 25.4. The van der Waals surface area contributed by atoms with Crippen LogP contribution in [0.15, 0.2) is 66.3 Å². The molecule has 0 spiro atoms. The fourth-order valence-corrected chi connectivity index (χ4v) is 6.62. The van der Waals surface area contributed by atoms with Gasteiger partial charge in [0.2, 0.25) is 17.6 Å². The molecule has 5 heterocycles. The summed E-state index contributed by atoms with van der Waals surface area (Å²) >= 11 is 1.53. The Labute approximate surface area is 270 Å². The summed E-state index contributed by atoms with van der Waals surface area (Å²) in [6, 6.07) is 13.5. The third kappa shape index (κ3) is 5.99. The lowest BCUT2D eigenvalue weighted by atomic mass is 10.1. The van der Waals surface area contributed by atoms with Crippen molar-refractivity contribution in [2.75, 3.05) is 33.9 Å². The standard InChI is InChI=1S/C32H29F3N8O3S/c1-45-20-7-8-23-25(14-20)43(31(40-23)32(33,34)35)18-28(44)42-11-10-41(17-27-36-9-12-47-27)16-26(42)29-37-15-24(38-29)21-13-19-5-3-4-6-22(19)39-30(21)46-2/h3-9,12-15,26H,10-11,16-18H2,1-2H3,(H,37,38). The molecule has 15 heteroatoms. The van der Waals surface area contributed by atoms with Gasteiger partial charge < -0.3 is 23.9 Å². The Morgan fingerprint density at radius 1 is 1.04 bits per heavy atom. The molecule has 6 aromatic rings. The molecule has 1 amide bonds. The van der Waals surface area contributed by atoms with Gasteiger partial charge in [0.15, 0.2) is 0 Å². The van der Waals surface area contributed by atoms with Crippen molar-refractivity contribution in [1.29, 1.82) is 0 Å². The predicted molar refractivity (Wildman–Crippen MR) is 169 cm³/mol. The van der Waals surface area contributed by atoms with E-state index in [2.05, 4.69) is 29.8 Å². The normalized spacial score (nSPS) is 15.9. The largest absolute Gasteiger partial charge is 0.497 e. The van der Waals surface area contributed by atoms with Gasteiger partial charge in [-0.15, -0.1) is 11.3 Å². The van der Waals surface area contributed by atoms with Gasteiger partial charge in [0.1, 0.15) is 29.2 Å². The van der Waals surface area contributed by atoms with Crippen LogP contribution in [0, 0.1) is 0 Å². The number of amides is 1. The maximum absolute atomic E-state index is 14.2. The SMILES string of the molecule is COc1ccc2nc(C(F)(F)F)n(CC(=O)N3CCN(Cc4nccs4)CC3c3ncc(-c4cc5ccccc5nc4OC)[nH]3)c2c1. The van der Waals surface area contributed by atoms with E-state index in [4.69, 9.17) is 9.47 Å². The molecule has 7 rings (SSSR count). The number of para-hydroxylation sites is 1. The number of aromatic amines is 1. The number of thiazole rings is 1. The summed E-state index contributed by atoms with van der Waals surface area (Å²) in [5, 5.41) is 3.73. The maximum Gasteiger partial charge on any atom is 0.449 e. The van der Waals surface area contributed by atoms with Crippen molar-refractivity contribution in [3.05, 3.63) is 83.0 Å². The number of carbonyl (C=O) groups excluding carboxylic acids is 1. The minimum absolute atomic E-state index is 0.115. The second-order valence-electron chi connectivity index (χ2n) is 11.1. The first-order valence-electron chi connectivity index (χ1n) is 14.7. The van der Waals surface area contributed by atoms with Gasteiger partial charge in [-0.3, -0.25) is 9.69 Å². The second-order valence-corrected chi connectivity index (χ2v) is 12.0. The monoisotopic (exact) mass is 662 g/mol. The Morgan fingerprint density at radius 3 is 2.66 bits per heavy atom. The third-order valence-electron chi connectivity index (χ3n) is 8.21. The summed E-state index contributed by atoms with van der Waals surface area (Å²) in [5.74, 6) is -0.401. The summed E-state index contributed by atoms with van der Waals surface area (Å²) < 4.78 is 54.3. The molecular weight excluding hydrogens is 633 g/mol. The van der Waals surface area contributed by atoms with Crippen LogP contribution in [-0.2, 0) is 24.1 Å². The molecule has 0 saturated carbocycles. The van der Waals surface area contributed by atoms with E-state index in [-0.39, 0.29) is 17.6 Å². The number of benzene rings is 2. The Kier molecular flexibility index (Phi) is 8.01. The topological polar surface area (TPSA) is 114 Å². The molecule has 47 heavy (non-hydrogen) atoms. The number of alkyl halides is 3. The maximum atomic E-state index is 14.2. The number of methoxy groups -OCH3 is 2. The summed E-state index contributed by atoms with van der Waals surface area (Å²) in [5.41, 5.74) is 2.36. The average Bonchev–Trinajstić information content (AvgIpc) is 3.85. The minimum atomic E-state index is -4.78. The number of imidazole rings is 2. The van der Waals surface area contributed by atoms with Crippen molar-refractivity contribution in [1.82, 2.24) is 39.3 Å². The fourth-order valence-electron chi connectivity index (χ4n) is 5.96. The lowest BCUT2D eigenvalue weighted by Gasteiger charge is -2.40. The van der Waals surface area contributed by atoms with E-state index in [1.807, 2.05) is 35.7 Å². The van der Waals surface area contributed by atoms with Gasteiger partial charge in [0.25, 0.3) is 0 Å². The number of hydrogen-bond donors (Lipinski definition) is 1. The first kappa shape index (κ1) is 30.6. The van der Waals surface area contributed by atoms with Crippen LogP contribution in [-0.4, -0.2) is 79.0 Å². The van der Waals surface area contributed by atoms with Crippen molar-refractivity contribution >= 4 is 39.2 Å². The van der Waals surface area contributed by atoms with Crippen LogP contribution < -0.4 is 9.47 Å². The second kappa shape index (κ2) is 12.3. The van der Waals surface area contributed by atoms with Gasteiger partial charge in [-0.1, -0.05) is 18.2 Å². The number of pyridine rings is 1. The highest BCUT2D eigenvalue weighted by Gasteiger charge is 2.40. The van der Waals surface area contributed by atoms with Gasteiger partial charge in [0, 0.05) is 42.7 Å². The number of nitrogens with zero attached hydrogens (tertiary/aromatic N) is 7. The number of piperazine rings is 1. The molecular formula is C32H29F3N8O3S. The number of hydrogen-bond acceptors (Lipinski definition) is 9. The predicted octanol–water partition coefficient (Wildman–Crippen LogP) is 5.55. The van der Waals surface area contributed by atoms with E-state index in [0.29, 0.717) is 48.3 Å². The van der Waals surface area contributed by atoms with Crippen molar-refractivity contribution in [2.24, 2.45) is 0 Å². The van der Waals surface area contributed by atoms with E-state index in [1.54, 1.807) is 24.4 Å². The number of halogens is 3. The number of nitrogens with one attached hydrogen (secondary N) is 1. The lowest BCUT2D eigenvalue weighted by molar-refractivity contribution is -0.148. The molecule has 2 aromatic carbocycles. The lowest BCUT2D eigenvalue weighted by Crippen LogP contribution is -2.51. The molecule has 0 radical (unpaired) electrons. The van der Waals surface area contributed by atoms with Crippen molar-refractivity contribution in [3.8, 4) is 22.9 Å². The van der Waals surface area contributed by atoms with E-state index >= 15 is 0 Å². The number of aromatic nitrogens is 6. The van der Waals surface area contributed by atoms with Gasteiger partial charge in [-0.2, -0.15) is 13.2 Å². The van der Waals surface area contributed by atoms with Crippen LogP contribution >= 0.6 is 11.3 Å². The number of H-pyrrole nitrogens is 1. The summed E-state index contributed by atoms with van der Waals surface area (Å²) in [4.78, 5) is 38.7. The molecule has 242 valence electrons. The van der Waals surface area contributed by atoms with Crippen LogP contribution in [0.3, 0.4) is 0 Å². The molecule has 1 aliphatic heterocycles. The van der Waals surface area contributed by atoms with Crippen molar-refractivity contribution < 1.29 is 27.4 Å². The number of ether oxygens (including phenoxy) is 2. The van der Waals surface area contributed by atoms with Gasteiger partial charge in [-0.05, 0) is 24.3 Å². The molecule has 1 atom stereocenters. The van der Waals surface area contributed by atoms with Crippen molar-refractivity contribution in [3.63, 3.8) is 0 Å². The smallest absolute Gasteiger partial charge is 0.449 e. The fraction of sp³-hybridized carbons (Fsp3) is 0.281. The quantitative estimate of drug-likeness (QED) is 0.226. The minimum Gasteiger partial charge on any atom is -0.497 e. The number of fused-ring (bicyclic) bond motifs is 2. The first-order chi connectivity index (χ1) is 22.7. The average molecular weight is 663 g/mol. The highest BCUT2D eigenvalue weighted by molar-refractivity contribution is 7.09. The Balaban J connectivity index is 1.24. The third-order valence-corrected chi connectivity index (χ3v) is 8.98. The first-order valence-corrected chi connectivity index (χ1v) is 15.6. The van der Waals surface area contributed by atoms with Gasteiger partial charge in [-0.25, -0.2) is 19.9 Å². The molecule has 4 aromatic heterocycles. The van der Waals surface area contributed by atoms with E-state index in [9.17, 15) is 18.0 Å². The van der Waals surface area contributed by atoms with Crippen LogP contribution in [0.25, 0.3) is 33.2 Å². The molecule has 11 nitrogen and oxygen atoms in total. The van der Waals surface area contributed by atoms with Crippen LogP contribution in [0.4, 0.5) is 13.2 Å². The zero-order valence-corrected chi connectivity index (χ0v) is 26.2. The Hall–Kier alpha value is -5.02. The van der Waals surface area contributed by atoms with Gasteiger partial charge >= 0.3 is 6.18 Å². The molecule has 1 saturated heterocycles. The van der Waals surface area contributed by atoms with Crippen molar-refractivity contribution in [2.45, 2.75) is 25.3 Å². The number of rotatable bonds is 8. The van der Waals surface area contributed by atoms with Crippen LogP contribution in [0.5, 0.6) is 11.6 Å². The summed E-state index contributed by atoms with van der Waals surface area (Å²) in [7, 11) is 2.97. The molecule has 0 bridgehead atoms. The van der Waals surface area contributed by atoms with E-state index in [0.717, 1.165) is 20.5 Å². The Morgan fingerprint density at radius 2 is 1.89 bits per heavy atom. The molecule has 1 fully saturated rings. The van der Waals surface area contributed by atoms with Gasteiger partial charge in [0.05, 0.1) is 54.8 Å². The summed E-state index contributed by atoms with van der Waals surface area (Å²) in [6.45, 7) is 1.15. The van der Waals surface area contributed by atoms with Crippen LogP contribution in [0.2, 0.25) is 0 Å². The summed E-state index contributed by atoms with van der Waals surface area (Å²) in [6.07, 6.45) is -1.38. The molecule has 1 aliphatic rings. The van der Waals surface area contributed by atoms with E-state index < -0.39 is 30.5 Å².